The van der Waals surface area contributed by atoms with Gasteiger partial charge in [-0.05, 0) is 75.8 Å². The maximum Gasteiger partial charge on any atom is 0.243 e. The molecule has 4 rings (SSSR count). The van der Waals surface area contributed by atoms with Gasteiger partial charge in [0.1, 0.15) is 0 Å². The number of nitrogens with one attached hydrogen (secondary N) is 1. The number of fused-ring (bicyclic) bond motifs is 2. The summed E-state index contributed by atoms with van der Waals surface area (Å²) >= 11 is 0. The Morgan fingerprint density at radius 2 is 1.70 bits per heavy atom. The molecule has 7 heteroatoms. The first-order valence-corrected chi connectivity index (χ1v) is 12.6. The zero-order chi connectivity index (χ0) is 21.5. The predicted molar refractivity (Wildman–Crippen MR) is 114 cm³/mol. The minimum absolute atomic E-state index is 0.0770. The van der Waals surface area contributed by atoms with E-state index in [0.717, 1.165) is 11.8 Å². The summed E-state index contributed by atoms with van der Waals surface area (Å²) in [6.07, 6.45) is 6.31. The molecule has 1 aromatic rings. The lowest BCUT2D eigenvalue weighted by molar-refractivity contribution is -0.127. The standard InChI is InChI=1S/C23H32N2O4S/c1-15(22-14-17-3-4-20(22)13-17)24-23(27)19-9-11-25(12-10-19)30(28,29)21-7-5-18(6-8-21)16(2)26/h5-8,15,17,19-20,22H,3-4,9-14H2,1-2H3,(H,24,27)/t15-,17-,20-,22+/m0/s1. The van der Waals surface area contributed by atoms with Crippen LogP contribution in [0, 0.1) is 23.7 Å². The summed E-state index contributed by atoms with van der Waals surface area (Å²) in [5.74, 6) is 2.09. The lowest BCUT2D eigenvalue weighted by Crippen LogP contribution is -2.47. The molecule has 164 valence electrons. The average Bonchev–Trinajstić information content (AvgIpc) is 3.37. The predicted octanol–water partition coefficient (Wildman–Crippen LogP) is 3.23. The average molecular weight is 433 g/mol. The lowest BCUT2D eigenvalue weighted by atomic mass is 9.83. The summed E-state index contributed by atoms with van der Waals surface area (Å²) in [4.78, 5) is 24.4. The van der Waals surface area contributed by atoms with Gasteiger partial charge in [0, 0.05) is 30.6 Å². The number of sulfonamides is 1. The Kier molecular flexibility index (Phi) is 6.04. The van der Waals surface area contributed by atoms with Crippen LogP contribution >= 0.6 is 0 Å². The molecule has 6 nitrogen and oxygen atoms in total. The van der Waals surface area contributed by atoms with Crippen LogP contribution in [0.1, 0.15) is 62.7 Å². The number of carbonyl (C=O) groups excluding carboxylic acids is 2. The van der Waals surface area contributed by atoms with E-state index < -0.39 is 10.0 Å². The van der Waals surface area contributed by atoms with Gasteiger partial charge in [-0.3, -0.25) is 9.59 Å². The Bertz CT molecular complexity index is 904. The first-order valence-electron chi connectivity index (χ1n) is 11.2. The van der Waals surface area contributed by atoms with Crippen LogP contribution in [0.15, 0.2) is 29.2 Å². The maximum atomic E-state index is 12.9. The van der Waals surface area contributed by atoms with Crippen molar-refractivity contribution < 1.29 is 18.0 Å². The van der Waals surface area contributed by atoms with E-state index in [1.807, 2.05) is 0 Å². The molecule has 2 saturated carbocycles. The summed E-state index contributed by atoms with van der Waals surface area (Å²) in [5.41, 5.74) is 0.494. The Balaban J connectivity index is 1.31. The number of piperidine rings is 1. The molecule has 0 spiro atoms. The summed E-state index contributed by atoms with van der Waals surface area (Å²) in [6.45, 7) is 4.28. The number of Topliss-reactive ketones (excluding diaryl/α,β-unsaturated/α-hetero) is 1. The van der Waals surface area contributed by atoms with Crippen molar-refractivity contribution in [2.75, 3.05) is 13.1 Å². The van der Waals surface area contributed by atoms with E-state index in [0.29, 0.717) is 37.4 Å². The summed E-state index contributed by atoms with van der Waals surface area (Å²) < 4.78 is 27.3. The summed E-state index contributed by atoms with van der Waals surface area (Å²) in [7, 11) is -3.61. The van der Waals surface area contributed by atoms with Crippen molar-refractivity contribution in [3.63, 3.8) is 0 Å². The second-order valence-electron chi connectivity index (χ2n) is 9.39. The molecule has 30 heavy (non-hydrogen) atoms. The van der Waals surface area contributed by atoms with Crippen LogP contribution in [0.3, 0.4) is 0 Å². The van der Waals surface area contributed by atoms with E-state index in [1.165, 1.54) is 49.0 Å². The normalized spacial score (nSPS) is 28.4. The van der Waals surface area contributed by atoms with Crippen molar-refractivity contribution in [3.8, 4) is 0 Å². The molecule has 0 unspecified atom stereocenters. The molecule has 0 radical (unpaired) electrons. The van der Waals surface area contributed by atoms with E-state index in [2.05, 4.69) is 12.2 Å². The van der Waals surface area contributed by atoms with Crippen LogP contribution in [-0.2, 0) is 14.8 Å². The Labute approximate surface area is 179 Å². The highest BCUT2D eigenvalue weighted by Crippen LogP contribution is 2.49. The van der Waals surface area contributed by atoms with Crippen LogP contribution in [0.4, 0.5) is 0 Å². The quantitative estimate of drug-likeness (QED) is 0.700. The minimum Gasteiger partial charge on any atom is -0.353 e. The molecule has 1 N–H and O–H groups in total. The van der Waals surface area contributed by atoms with Crippen LogP contribution in [0.2, 0.25) is 0 Å². The van der Waals surface area contributed by atoms with Crippen LogP contribution in [0.25, 0.3) is 0 Å². The monoisotopic (exact) mass is 432 g/mol. The minimum atomic E-state index is -3.61. The molecule has 3 aliphatic rings. The highest BCUT2D eigenvalue weighted by Gasteiger charge is 2.42. The highest BCUT2D eigenvalue weighted by atomic mass is 32.2. The Hall–Kier alpha value is -1.73. The number of benzene rings is 1. The van der Waals surface area contributed by atoms with Gasteiger partial charge in [0.25, 0.3) is 0 Å². The largest absolute Gasteiger partial charge is 0.353 e. The molecular weight excluding hydrogens is 400 g/mol. The zero-order valence-electron chi connectivity index (χ0n) is 17.8. The number of rotatable bonds is 6. The molecule has 1 saturated heterocycles. The summed E-state index contributed by atoms with van der Waals surface area (Å²) in [5, 5.41) is 3.24. The fourth-order valence-electron chi connectivity index (χ4n) is 5.72. The van der Waals surface area contributed by atoms with E-state index in [-0.39, 0.29) is 28.5 Å². The van der Waals surface area contributed by atoms with Crippen LogP contribution in [0.5, 0.6) is 0 Å². The van der Waals surface area contributed by atoms with Crippen LogP contribution < -0.4 is 5.32 Å². The van der Waals surface area contributed by atoms with Gasteiger partial charge in [0.15, 0.2) is 5.78 Å². The number of hydrogen-bond donors (Lipinski definition) is 1. The SMILES string of the molecule is CC(=O)c1ccc(S(=O)(=O)N2CCC(C(=O)N[C@@H](C)[C@H]3C[C@H]4CC[C@H]3C4)CC2)cc1. The molecule has 1 heterocycles. The van der Waals surface area contributed by atoms with Gasteiger partial charge >= 0.3 is 0 Å². The molecule has 4 atom stereocenters. The number of hydrogen-bond acceptors (Lipinski definition) is 4. The zero-order valence-corrected chi connectivity index (χ0v) is 18.7. The second-order valence-corrected chi connectivity index (χ2v) is 11.3. The van der Waals surface area contributed by atoms with E-state index >= 15 is 0 Å². The first kappa shape index (κ1) is 21.5. The number of nitrogens with zero attached hydrogens (tertiary/aromatic N) is 1. The fourth-order valence-corrected chi connectivity index (χ4v) is 7.19. The van der Waals surface area contributed by atoms with Gasteiger partial charge in [-0.1, -0.05) is 18.6 Å². The van der Waals surface area contributed by atoms with E-state index in [9.17, 15) is 18.0 Å². The van der Waals surface area contributed by atoms with Crippen molar-refractivity contribution >= 4 is 21.7 Å². The molecule has 3 fully saturated rings. The Morgan fingerprint density at radius 1 is 1.03 bits per heavy atom. The molecule has 1 aromatic carbocycles. The fraction of sp³-hybridized carbons (Fsp3) is 0.652. The summed E-state index contributed by atoms with van der Waals surface area (Å²) in [6, 6.07) is 6.28. The van der Waals surface area contributed by atoms with Gasteiger partial charge < -0.3 is 5.32 Å². The number of amides is 1. The van der Waals surface area contributed by atoms with Crippen molar-refractivity contribution in [1.29, 1.82) is 0 Å². The van der Waals surface area contributed by atoms with Gasteiger partial charge in [0.2, 0.25) is 15.9 Å². The van der Waals surface area contributed by atoms with Crippen molar-refractivity contribution in [2.45, 2.75) is 63.3 Å². The second kappa shape index (κ2) is 8.42. The number of ketones is 1. The van der Waals surface area contributed by atoms with Gasteiger partial charge in [-0.15, -0.1) is 0 Å². The lowest BCUT2D eigenvalue weighted by Gasteiger charge is -2.33. The van der Waals surface area contributed by atoms with E-state index in [1.54, 1.807) is 12.1 Å². The van der Waals surface area contributed by atoms with Crippen LogP contribution in [-0.4, -0.2) is 43.5 Å². The van der Waals surface area contributed by atoms with E-state index in [4.69, 9.17) is 0 Å². The van der Waals surface area contributed by atoms with Gasteiger partial charge in [-0.2, -0.15) is 4.31 Å². The number of carbonyl (C=O) groups is 2. The third kappa shape index (κ3) is 4.19. The molecule has 0 aromatic heterocycles. The molecule has 1 aliphatic heterocycles. The third-order valence-electron chi connectivity index (χ3n) is 7.53. The molecular formula is C23H32N2O4S. The molecule has 1 amide bonds. The van der Waals surface area contributed by atoms with Gasteiger partial charge in [0.05, 0.1) is 4.90 Å². The highest BCUT2D eigenvalue weighted by molar-refractivity contribution is 7.89. The smallest absolute Gasteiger partial charge is 0.243 e. The maximum absolute atomic E-state index is 12.9. The first-order chi connectivity index (χ1) is 14.3. The van der Waals surface area contributed by atoms with Crippen molar-refractivity contribution in [1.82, 2.24) is 9.62 Å². The van der Waals surface area contributed by atoms with Crippen molar-refractivity contribution in [3.05, 3.63) is 29.8 Å². The van der Waals surface area contributed by atoms with Gasteiger partial charge in [-0.25, -0.2) is 8.42 Å². The molecule has 2 bridgehead atoms. The molecule has 2 aliphatic carbocycles. The van der Waals surface area contributed by atoms with Crippen molar-refractivity contribution in [2.24, 2.45) is 23.7 Å². The topological polar surface area (TPSA) is 83.6 Å². The third-order valence-corrected chi connectivity index (χ3v) is 9.44. The Morgan fingerprint density at radius 3 is 2.23 bits per heavy atom.